The van der Waals surface area contributed by atoms with Crippen LogP contribution in [-0.4, -0.2) is 66.5 Å². The van der Waals surface area contributed by atoms with E-state index in [-0.39, 0.29) is 30.8 Å². The van der Waals surface area contributed by atoms with Gasteiger partial charge in [-0.25, -0.2) is 4.79 Å². The molecule has 3 amide bonds. The zero-order chi connectivity index (χ0) is 14.4. The average molecular weight is 271 g/mol. The largest absolute Gasteiger partial charge is 0.481 e. The second-order valence-electron chi connectivity index (χ2n) is 4.84. The van der Waals surface area contributed by atoms with E-state index in [1.54, 1.807) is 11.9 Å². The molecule has 1 unspecified atom stereocenters. The summed E-state index contributed by atoms with van der Waals surface area (Å²) in [5.41, 5.74) is 0. The van der Waals surface area contributed by atoms with Crippen molar-refractivity contribution in [2.45, 2.75) is 19.3 Å². The second kappa shape index (κ2) is 6.96. The van der Waals surface area contributed by atoms with E-state index in [9.17, 15) is 14.4 Å². The molecule has 0 aromatic carbocycles. The standard InChI is InChI=1S/C12H21N3O4/c1-13-10(16)8-14(2)12(19)15-6-5-9(7-15)3-4-11(17)18/h9H,3-8H2,1-2H3,(H,13,16)(H,17,18). The minimum absolute atomic E-state index is 0.0334. The number of hydrogen-bond donors (Lipinski definition) is 2. The van der Waals surface area contributed by atoms with Gasteiger partial charge in [0.25, 0.3) is 0 Å². The Bertz CT molecular complexity index is 359. The van der Waals surface area contributed by atoms with Gasteiger partial charge in [0.15, 0.2) is 0 Å². The van der Waals surface area contributed by atoms with Crippen molar-refractivity contribution < 1.29 is 19.5 Å². The van der Waals surface area contributed by atoms with Gasteiger partial charge >= 0.3 is 12.0 Å². The summed E-state index contributed by atoms with van der Waals surface area (Å²) in [6.45, 7) is 1.23. The minimum atomic E-state index is -0.804. The molecule has 19 heavy (non-hydrogen) atoms. The Balaban J connectivity index is 2.38. The lowest BCUT2D eigenvalue weighted by Gasteiger charge is -2.24. The fourth-order valence-electron chi connectivity index (χ4n) is 2.17. The number of urea groups is 1. The van der Waals surface area contributed by atoms with E-state index in [2.05, 4.69) is 5.32 Å². The predicted molar refractivity (Wildman–Crippen MR) is 68.6 cm³/mol. The monoisotopic (exact) mass is 271 g/mol. The smallest absolute Gasteiger partial charge is 0.320 e. The Hall–Kier alpha value is -1.79. The van der Waals surface area contributed by atoms with E-state index in [4.69, 9.17) is 5.11 Å². The van der Waals surface area contributed by atoms with Crippen molar-refractivity contribution in [2.24, 2.45) is 5.92 Å². The molecule has 0 bridgehead atoms. The first-order valence-corrected chi connectivity index (χ1v) is 6.36. The van der Waals surface area contributed by atoms with E-state index in [1.807, 2.05) is 0 Å². The second-order valence-corrected chi connectivity index (χ2v) is 4.84. The molecule has 1 fully saturated rings. The van der Waals surface area contributed by atoms with Crippen LogP contribution in [0.3, 0.4) is 0 Å². The Labute approximate surface area is 112 Å². The number of aliphatic carboxylic acids is 1. The van der Waals surface area contributed by atoms with E-state index in [0.29, 0.717) is 19.5 Å². The van der Waals surface area contributed by atoms with Crippen molar-refractivity contribution in [1.82, 2.24) is 15.1 Å². The van der Waals surface area contributed by atoms with Gasteiger partial charge in [-0.3, -0.25) is 9.59 Å². The van der Waals surface area contributed by atoms with Crippen molar-refractivity contribution in [1.29, 1.82) is 0 Å². The first-order valence-electron chi connectivity index (χ1n) is 6.36. The normalized spacial score (nSPS) is 18.2. The molecule has 1 saturated heterocycles. The maximum absolute atomic E-state index is 12.0. The van der Waals surface area contributed by atoms with Crippen molar-refractivity contribution in [3.8, 4) is 0 Å². The summed E-state index contributed by atoms with van der Waals surface area (Å²) in [6.07, 6.45) is 1.56. The van der Waals surface area contributed by atoms with Gasteiger partial charge in [-0.1, -0.05) is 0 Å². The lowest BCUT2D eigenvalue weighted by molar-refractivity contribution is -0.137. The lowest BCUT2D eigenvalue weighted by Crippen LogP contribution is -2.44. The molecule has 0 aromatic heterocycles. The van der Waals surface area contributed by atoms with Crippen LogP contribution in [0.4, 0.5) is 4.79 Å². The average Bonchev–Trinajstić information content (AvgIpc) is 2.83. The van der Waals surface area contributed by atoms with Crippen molar-refractivity contribution in [3.63, 3.8) is 0 Å². The van der Waals surface area contributed by atoms with Crippen LogP contribution in [0.1, 0.15) is 19.3 Å². The van der Waals surface area contributed by atoms with E-state index < -0.39 is 5.97 Å². The highest BCUT2D eigenvalue weighted by Gasteiger charge is 2.28. The number of carboxylic acid groups (broad SMARTS) is 1. The van der Waals surface area contributed by atoms with Crippen LogP contribution in [0.25, 0.3) is 0 Å². The van der Waals surface area contributed by atoms with Gasteiger partial charge in [0.05, 0.1) is 0 Å². The van der Waals surface area contributed by atoms with Gasteiger partial charge in [0.1, 0.15) is 6.54 Å². The minimum Gasteiger partial charge on any atom is -0.481 e. The van der Waals surface area contributed by atoms with Crippen LogP contribution < -0.4 is 5.32 Å². The third-order valence-electron chi connectivity index (χ3n) is 3.31. The number of amides is 3. The predicted octanol–water partition coefficient (Wildman–Crippen LogP) is -0.0291. The summed E-state index contributed by atoms with van der Waals surface area (Å²) < 4.78 is 0. The maximum atomic E-state index is 12.0. The first kappa shape index (κ1) is 15.3. The Morgan fingerprint density at radius 2 is 2.11 bits per heavy atom. The van der Waals surface area contributed by atoms with Crippen LogP contribution in [0.2, 0.25) is 0 Å². The quantitative estimate of drug-likeness (QED) is 0.735. The highest BCUT2D eigenvalue weighted by atomic mass is 16.4. The number of carbonyl (C=O) groups is 3. The zero-order valence-electron chi connectivity index (χ0n) is 11.4. The summed E-state index contributed by atoms with van der Waals surface area (Å²) in [6, 6.07) is -0.179. The summed E-state index contributed by atoms with van der Waals surface area (Å²) in [5.74, 6) is -0.771. The molecule has 7 nitrogen and oxygen atoms in total. The summed E-state index contributed by atoms with van der Waals surface area (Å²) >= 11 is 0. The van der Waals surface area contributed by atoms with Gasteiger partial charge < -0.3 is 20.2 Å². The number of likely N-dealkylation sites (N-methyl/N-ethyl adjacent to an activating group) is 2. The molecule has 0 aromatic rings. The molecule has 108 valence electrons. The number of hydrogen-bond acceptors (Lipinski definition) is 3. The number of nitrogens with one attached hydrogen (secondary N) is 1. The van der Waals surface area contributed by atoms with Crippen LogP contribution >= 0.6 is 0 Å². The Morgan fingerprint density at radius 3 is 2.68 bits per heavy atom. The molecule has 2 N–H and O–H groups in total. The molecule has 0 saturated carbocycles. The molecular weight excluding hydrogens is 250 g/mol. The van der Waals surface area contributed by atoms with E-state index in [0.717, 1.165) is 6.42 Å². The van der Waals surface area contributed by atoms with Crippen LogP contribution in [0.15, 0.2) is 0 Å². The zero-order valence-corrected chi connectivity index (χ0v) is 11.4. The van der Waals surface area contributed by atoms with Crippen LogP contribution in [0, 0.1) is 5.92 Å². The Morgan fingerprint density at radius 1 is 1.42 bits per heavy atom. The fraction of sp³-hybridized carbons (Fsp3) is 0.750. The van der Waals surface area contributed by atoms with Crippen LogP contribution in [-0.2, 0) is 9.59 Å². The number of likely N-dealkylation sites (tertiary alicyclic amines) is 1. The van der Waals surface area contributed by atoms with Gasteiger partial charge in [0, 0.05) is 33.6 Å². The van der Waals surface area contributed by atoms with Crippen LogP contribution in [0.5, 0.6) is 0 Å². The van der Waals surface area contributed by atoms with Gasteiger partial charge in [-0.15, -0.1) is 0 Å². The molecule has 1 aliphatic rings. The first-order chi connectivity index (χ1) is 8.93. The third kappa shape index (κ3) is 4.76. The highest BCUT2D eigenvalue weighted by molar-refractivity contribution is 5.83. The molecular formula is C12H21N3O4. The van der Waals surface area contributed by atoms with Crippen molar-refractivity contribution in [2.75, 3.05) is 33.7 Å². The van der Waals surface area contributed by atoms with Gasteiger partial charge in [-0.2, -0.15) is 0 Å². The number of nitrogens with zero attached hydrogens (tertiary/aromatic N) is 2. The number of rotatable bonds is 5. The highest BCUT2D eigenvalue weighted by Crippen LogP contribution is 2.21. The van der Waals surface area contributed by atoms with Gasteiger partial charge in [-0.05, 0) is 18.8 Å². The molecule has 0 spiro atoms. The number of carbonyl (C=O) groups excluding carboxylic acids is 2. The SMILES string of the molecule is CNC(=O)CN(C)C(=O)N1CCC(CCC(=O)O)C1. The molecule has 0 radical (unpaired) electrons. The van der Waals surface area contributed by atoms with Crippen molar-refractivity contribution >= 4 is 17.9 Å². The molecule has 7 heteroatoms. The molecule has 1 aliphatic heterocycles. The Kier molecular flexibility index (Phi) is 5.59. The lowest BCUT2D eigenvalue weighted by atomic mass is 10.0. The molecule has 0 aliphatic carbocycles. The van der Waals surface area contributed by atoms with Gasteiger partial charge in [0.2, 0.25) is 5.91 Å². The summed E-state index contributed by atoms with van der Waals surface area (Å²) in [5, 5.41) is 11.1. The fourth-order valence-corrected chi connectivity index (χ4v) is 2.17. The summed E-state index contributed by atoms with van der Waals surface area (Å²) in [7, 11) is 3.11. The van der Waals surface area contributed by atoms with Crippen molar-refractivity contribution in [3.05, 3.63) is 0 Å². The number of carboxylic acids is 1. The molecule has 1 atom stereocenters. The molecule has 1 rings (SSSR count). The van der Waals surface area contributed by atoms with E-state index >= 15 is 0 Å². The third-order valence-corrected chi connectivity index (χ3v) is 3.31. The topological polar surface area (TPSA) is 90.0 Å². The van der Waals surface area contributed by atoms with E-state index in [1.165, 1.54) is 11.9 Å². The summed E-state index contributed by atoms with van der Waals surface area (Å²) in [4.78, 5) is 36.8. The molecule has 1 heterocycles. The maximum Gasteiger partial charge on any atom is 0.320 e.